The summed E-state index contributed by atoms with van der Waals surface area (Å²) in [5.41, 5.74) is 1.15. The number of nitrogens with zero attached hydrogens (tertiary/aromatic N) is 1. The quantitative estimate of drug-likeness (QED) is 0.464. The van der Waals surface area contributed by atoms with Crippen molar-refractivity contribution in [1.29, 1.82) is 0 Å². The molecule has 0 fully saturated rings. The molecule has 0 radical (unpaired) electrons. The summed E-state index contributed by atoms with van der Waals surface area (Å²) in [5, 5.41) is 1.09. The molecule has 1 aromatic rings. The average Bonchev–Trinajstić information content (AvgIpc) is 2.27. The molecule has 0 aliphatic rings. The number of hydrogen-bond donors (Lipinski definition) is 1. The highest BCUT2D eigenvalue weighted by atomic mass is 16.6. The number of amides is 1. The van der Waals surface area contributed by atoms with Gasteiger partial charge in [0.15, 0.2) is 0 Å². The molecule has 0 bridgehead atoms. The lowest BCUT2D eigenvalue weighted by atomic mass is 10.1. The van der Waals surface area contributed by atoms with Gasteiger partial charge >= 0.3 is 6.09 Å². The summed E-state index contributed by atoms with van der Waals surface area (Å²) < 4.78 is 4.75. The van der Waals surface area contributed by atoms with Crippen LogP contribution in [0, 0.1) is 0 Å². The first kappa shape index (κ1) is 11.5. The van der Waals surface area contributed by atoms with Gasteiger partial charge in [0.05, 0.1) is 6.61 Å². The molecule has 1 rings (SSSR count). The van der Waals surface area contributed by atoms with Crippen LogP contribution in [0.15, 0.2) is 30.3 Å². The lowest BCUT2D eigenvalue weighted by Crippen LogP contribution is -2.39. The Bertz CT molecular complexity index is 301. The molecule has 2 N–H and O–H groups in total. The van der Waals surface area contributed by atoms with E-state index in [1.165, 1.54) is 0 Å². The lowest BCUT2D eigenvalue weighted by Gasteiger charge is -2.15. The zero-order valence-corrected chi connectivity index (χ0v) is 8.85. The van der Waals surface area contributed by atoms with Gasteiger partial charge in [0.1, 0.15) is 0 Å². The van der Waals surface area contributed by atoms with Crippen LogP contribution in [-0.4, -0.2) is 24.3 Å². The molecule has 0 heterocycles. The van der Waals surface area contributed by atoms with Gasteiger partial charge in [-0.15, -0.1) is 0 Å². The lowest BCUT2D eigenvalue weighted by molar-refractivity contribution is 0.108. The van der Waals surface area contributed by atoms with E-state index >= 15 is 0 Å². The molecule has 0 unspecified atom stereocenters. The minimum atomic E-state index is -0.478. The molecule has 0 saturated heterocycles. The van der Waals surface area contributed by atoms with Crippen LogP contribution in [-0.2, 0) is 11.2 Å². The summed E-state index contributed by atoms with van der Waals surface area (Å²) in [4.78, 5) is 11.1. The van der Waals surface area contributed by atoms with E-state index < -0.39 is 6.09 Å². The summed E-state index contributed by atoms with van der Waals surface area (Å²) in [6.45, 7) is 2.56. The summed E-state index contributed by atoms with van der Waals surface area (Å²) >= 11 is 0. The van der Waals surface area contributed by atoms with Gasteiger partial charge in [0, 0.05) is 6.54 Å². The first-order valence-electron chi connectivity index (χ1n) is 4.97. The third-order valence-corrected chi connectivity index (χ3v) is 1.99. The highest BCUT2D eigenvalue weighted by Crippen LogP contribution is 2.00. The van der Waals surface area contributed by atoms with Gasteiger partial charge in [-0.25, -0.2) is 15.6 Å². The number of hydrazine groups is 1. The molecular weight excluding hydrogens is 192 g/mol. The molecule has 15 heavy (non-hydrogen) atoms. The Morgan fingerprint density at radius 2 is 2.07 bits per heavy atom. The first-order chi connectivity index (χ1) is 7.24. The standard InChI is InChI=1S/C11H16N2O2/c1-2-15-11(14)13(12)9-8-10-6-4-3-5-7-10/h3-7H,2,8-9,12H2,1H3. The molecule has 0 saturated carbocycles. The monoisotopic (exact) mass is 208 g/mol. The van der Waals surface area contributed by atoms with Gasteiger partial charge in [-0.1, -0.05) is 30.3 Å². The largest absolute Gasteiger partial charge is 0.449 e. The minimum Gasteiger partial charge on any atom is -0.449 e. The van der Waals surface area contributed by atoms with Crippen LogP contribution in [0.2, 0.25) is 0 Å². The topological polar surface area (TPSA) is 55.6 Å². The number of rotatable bonds is 4. The van der Waals surface area contributed by atoms with Crippen LogP contribution in [0.5, 0.6) is 0 Å². The van der Waals surface area contributed by atoms with Crippen molar-refractivity contribution in [2.45, 2.75) is 13.3 Å². The van der Waals surface area contributed by atoms with Crippen molar-refractivity contribution in [3.05, 3.63) is 35.9 Å². The molecule has 1 amide bonds. The molecule has 0 atom stereocenters. The third kappa shape index (κ3) is 3.99. The van der Waals surface area contributed by atoms with Crippen molar-refractivity contribution in [1.82, 2.24) is 5.01 Å². The fourth-order valence-electron chi connectivity index (χ4n) is 1.19. The maximum atomic E-state index is 11.1. The van der Waals surface area contributed by atoms with E-state index in [1.807, 2.05) is 30.3 Å². The van der Waals surface area contributed by atoms with Gasteiger partial charge in [-0.05, 0) is 18.9 Å². The molecule has 0 aliphatic carbocycles. The Morgan fingerprint density at radius 3 is 2.67 bits per heavy atom. The van der Waals surface area contributed by atoms with Crippen molar-refractivity contribution in [3.63, 3.8) is 0 Å². The highest BCUT2D eigenvalue weighted by molar-refractivity contribution is 5.66. The van der Waals surface area contributed by atoms with Gasteiger partial charge in [-0.3, -0.25) is 0 Å². The predicted molar refractivity (Wildman–Crippen MR) is 58.1 cm³/mol. The SMILES string of the molecule is CCOC(=O)N(N)CCc1ccccc1. The molecule has 4 heteroatoms. The van der Waals surface area contributed by atoms with Crippen molar-refractivity contribution < 1.29 is 9.53 Å². The fraction of sp³-hybridized carbons (Fsp3) is 0.364. The minimum absolute atomic E-state index is 0.345. The van der Waals surface area contributed by atoms with Crippen LogP contribution in [0.3, 0.4) is 0 Å². The van der Waals surface area contributed by atoms with E-state index in [2.05, 4.69) is 0 Å². The number of hydrogen-bond acceptors (Lipinski definition) is 3. The van der Waals surface area contributed by atoms with E-state index in [-0.39, 0.29) is 0 Å². The molecule has 4 nitrogen and oxygen atoms in total. The first-order valence-corrected chi connectivity index (χ1v) is 4.97. The molecule has 0 aliphatic heterocycles. The van der Waals surface area contributed by atoms with E-state index in [4.69, 9.17) is 10.6 Å². The highest BCUT2D eigenvalue weighted by Gasteiger charge is 2.08. The summed E-state index contributed by atoms with van der Waals surface area (Å²) in [7, 11) is 0. The van der Waals surface area contributed by atoms with E-state index in [0.29, 0.717) is 13.2 Å². The predicted octanol–water partition coefficient (Wildman–Crippen LogP) is 1.56. The Balaban J connectivity index is 2.34. The van der Waals surface area contributed by atoms with Crippen LogP contribution < -0.4 is 5.84 Å². The number of nitrogens with two attached hydrogens (primary N) is 1. The second-order valence-corrected chi connectivity index (χ2v) is 3.13. The van der Waals surface area contributed by atoms with Gasteiger partial charge in [-0.2, -0.15) is 0 Å². The van der Waals surface area contributed by atoms with Crippen molar-refractivity contribution in [2.75, 3.05) is 13.2 Å². The second kappa shape index (κ2) is 6.03. The Labute approximate surface area is 89.6 Å². The van der Waals surface area contributed by atoms with Gasteiger partial charge < -0.3 is 4.74 Å². The van der Waals surface area contributed by atoms with Crippen LogP contribution >= 0.6 is 0 Å². The van der Waals surface area contributed by atoms with Crippen molar-refractivity contribution in [2.24, 2.45) is 5.84 Å². The molecule has 0 aromatic heterocycles. The fourth-order valence-corrected chi connectivity index (χ4v) is 1.19. The summed E-state index contributed by atoms with van der Waals surface area (Å²) in [6, 6.07) is 9.87. The zero-order chi connectivity index (χ0) is 11.1. The normalized spacial score (nSPS) is 9.73. The van der Waals surface area contributed by atoms with E-state index in [1.54, 1.807) is 6.92 Å². The number of ether oxygens (including phenoxy) is 1. The van der Waals surface area contributed by atoms with Gasteiger partial charge in [0.2, 0.25) is 0 Å². The number of benzene rings is 1. The summed E-state index contributed by atoms with van der Waals surface area (Å²) in [6.07, 6.45) is 0.254. The summed E-state index contributed by atoms with van der Waals surface area (Å²) in [5.74, 6) is 5.51. The number of carbonyl (C=O) groups excluding carboxylic acids is 1. The Hall–Kier alpha value is -1.55. The molecule has 82 valence electrons. The van der Waals surface area contributed by atoms with Crippen molar-refractivity contribution >= 4 is 6.09 Å². The Morgan fingerprint density at radius 1 is 1.40 bits per heavy atom. The molecule has 0 spiro atoms. The van der Waals surface area contributed by atoms with Crippen LogP contribution in [0.1, 0.15) is 12.5 Å². The van der Waals surface area contributed by atoms with Crippen LogP contribution in [0.4, 0.5) is 4.79 Å². The van der Waals surface area contributed by atoms with Crippen LogP contribution in [0.25, 0.3) is 0 Å². The average molecular weight is 208 g/mol. The second-order valence-electron chi connectivity index (χ2n) is 3.13. The van der Waals surface area contributed by atoms with Gasteiger partial charge in [0.25, 0.3) is 0 Å². The smallest absolute Gasteiger partial charge is 0.424 e. The zero-order valence-electron chi connectivity index (χ0n) is 8.85. The maximum absolute atomic E-state index is 11.1. The van der Waals surface area contributed by atoms with E-state index in [0.717, 1.165) is 17.0 Å². The Kier molecular flexibility index (Phi) is 4.63. The third-order valence-electron chi connectivity index (χ3n) is 1.99. The maximum Gasteiger partial charge on any atom is 0.424 e. The van der Waals surface area contributed by atoms with Crippen molar-refractivity contribution in [3.8, 4) is 0 Å². The molecular formula is C11H16N2O2. The molecule has 1 aromatic carbocycles. The van der Waals surface area contributed by atoms with E-state index in [9.17, 15) is 4.79 Å². The number of carbonyl (C=O) groups is 1.